The molecule has 2 N–H and O–H groups in total. The van der Waals surface area contributed by atoms with E-state index in [1.54, 1.807) is 6.92 Å². The Morgan fingerprint density at radius 2 is 1.78 bits per heavy atom. The number of fused-ring (bicyclic) bond motifs is 1. The minimum atomic E-state index is -1.08. The highest BCUT2D eigenvalue weighted by Crippen LogP contribution is 2.30. The van der Waals surface area contributed by atoms with E-state index in [2.05, 4.69) is 10.3 Å². The zero-order valence-corrected chi connectivity index (χ0v) is 15.1. The lowest BCUT2D eigenvalue weighted by Gasteiger charge is -2.19. The Kier molecular flexibility index (Phi) is 5.35. The van der Waals surface area contributed by atoms with Crippen LogP contribution in [0.3, 0.4) is 0 Å². The Hall–Kier alpha value is -3.41. The fraction of sp³-hybridized carbons (Fsp3) is 0.190. The van der Waals surface area contributed by atoms with Gasteiger partial charge in [-0.1, -0.05) is 55.5 Å². The lowest BCUT2D eigenvalue weighted by molar-refractivity contribution is -0.144. The van der Waals surface area contributed by atoms with E-state index in [0.29, 0.717) is 11.4 Å². The molecule has 0 saturated carbocycles. The minimum absolute atomic E-state index is 0.120. The van der Waals surface area contributed by atoms with E-state index in [-0.39, 0.29) is 17.7 Å². The van der Waals surface area contributed by atoms with Gasteiger partial charge in [0.2, 0.25) is 6.23 Å². The minimum Gasteiger partial charge on any atom is -0.478 e. The number of carboxylic acids is 1. The third-order valence-corrected chi connectivity index (χ3v) is 4.21. The van der Waals surface area contributed by atoms with Crippen LogP contribution < -0.4 is 5.32 Å². The monoisotopic (exact) mass is 364 g/mol. The summed E-state index contributed by atoms with van der Waals surface area (Å²) in [4.78, 5) is 28.1. The molecule has 1 aliphatic rings. The predicted molar refractivity (Wildman–Crippen MR) is 103 cm³/mol. The van der Waals surface area contributed by atoms with E-state index < -0.39 is 18.2 Å². The van der Waals surface area contributed by atoms with Crippen molar-refractivity contribution in [2.75, 3.05) is 5.32 Å². The number of rotatable bonds is 4. The maximum absolute atomic E-state index is 11.8. The molecule has 6 heteroatoms. The fourth-order valence-corrected chi connectivity index (χ4v) is 3.01. The molecule has 2 aromatic carbocycles. The summed E-state index contributed by atoms with van der Waals surface area (Å²) >= 11 is 0. The molecule has 1 atom stereocenters. The maximum Gasteiger partial charge on any atom is 0.333 e. The largest absolute Gasteiger partial charge is 0.478 e. The van der Waals surface area contributed by atoms with Gasteiger partial charge in [0.25, 0.3) is 0 Å². The first kappa shape index (κ1) is 18.4. The number of carboxylic acid groups (broad SMARTS) is 1. The first-order valence-corrected chi connectivity index (χ1v) is 8.64. The topological polar surface area (TPSA) is 88.0 Å². The molecule has 1 heterocycles. The van der Waals surface area contributed by atoms with Gasteiger partial charge in [0, 0.05) is 23.7 Å². The summed E-state index contributed by atoms with van der Waals surface area (Å²) in [6.07, 6.45) is -0.815. The predicted octanol–water partition coefficient (Wildman–Crippen LogP) is 3.59. The van der Waals surface area contributed by atoms with Gasteiger partial charge in [-0.05, 0) is 12.5 Å². The van der Waals surface area contributed by atoms with E-state index in [9.17, 15) is 14.7 Å². The van der Waals surface area contributed by atoms with Crippen LogP contribution in [0.15, 0.2) is 70.9 Å². The third-order valence-electron chi connectivity index (χ3n) is 4.21. The van der Waals surface area contributed by atoms with Crippen molar-refractivity contribution < 1.29 is 19.4 Å². The van der Waals surface area contributed by atoms with Crippen molar-refractivity contribution in [1.29, 1.82) is 0 Å². The van der Waals surface area contributed by atoms with E-state index in [0.717, 1.165) is 11.1 Å². The molecule has 0 aliphatic carbocycles. The normalized spacial score (nSPS) is 17.7. The van der Waals surface area contributed by atoms with Gasteiger partial charge in [0.05, 0.1) is 17.0 Å². The van der Waals surface area contributed by atoms with Crippen molar-refractivity contribution in [3.63, 3.8) is 0 Å². The van der Waals surface area contributed by atoms with Crippen LogP contribution in [0.1, 0.15) is 31.4 Å². The zero-order chi connectivity index (χ0) is 19.4. The number of benzodiazepines with no additional fused rings is 1. The van der Waals surface area contributed by atoms with Gasteiger partial charge < -0.3 is 15.2 Å². The first-order valence-electron chi connectivity index (χ1n) is 8.64. The quantitative estimate of drug-likeness (QED) is 0.639. The number of hydrogen-bond acceptors (Lipinski definition) is 5. The van der Waals surface area contributed by atoms with E-state index in [1.165, 1.54) is 6.92 Å². The van der Waals surface area contributed by atoms with Gasteiger partial charge in [-0.25, -0.2) is 9.79 Å². The van der Waals surface area contributed by atoms with Crippen LogP contribution in [-0.2, 0) is 14.3 Å². The van der Waals surface area contributed by atoms with Gasteiger partial charge in [-0.15, -0.1) is 0 Å². The second kappa shape index (κ2) is 7.86. The molecule has 0 spiro atoms. The SMILES string of the molecule is CCC(C(=O)O)=C1Nc2ccccc2C(c2ccccc2)=NC1OC(C)=O. The molecular weight excluding hydrogens is 344 g/mol. The number of hydrogen-bond donors (Lipinski definition) is 2. The molecule has 0 radical (unpaired) electrons. The Bertz CT molecular complexity index is 932. The molecule has 0 fully saturated rings. The molecule has 0 aromatic heterocycles. The molecule has 0 bridgehead atoms. The molecular formula is C21H20N2O4. The summed E-state index contributed by atoms with van der Waals surface area (Å²) in [5.74, 6) is -1.62. The summed E-state index contributed by atoms with van der Waals surface area (Å²) in [7, 11) is 0. The highest BCUT2D eigenvalue weighted by atomic mass is 16.6. The van der Waals surface area contributed by atoms with E-state index in [4.69, 9.17) is 4.74 Å². The van der Waals surface area contributed by atoms with Gasteiger partial charge in [-0.3, -0.25) is 4.79 Å². The molecule has 138 valence electrons. The summed E-state index contributed by atoms with van der Waals surface area (Å²) in [6.45, 7) is 3.02. The van der Waals surface area contributed by atoms with Gasteiger partial charge in [0.15, 0.2) is 0 Å². The van der Waals surface area contributed by atoms with Crippen LogP contribution in [-0.4, -0.2) is 29.0 Å². The van der Waals surface area contributed by atoms with Crippen LogP contribution in [0, 0.1) is 0 Å². The van der Waals surface area contributed by atoms with Crippen molar-refractivity contribution in [2.24, 2.45) is 4.99 Å². The summed E-state index contributed by atoms with van der Waals surface area (Å²) in [5.41, 5.74) is 3.36. The number of nitrogens with zero attached hydrogens (tertiary/aromatic N) is 1. The first-order chi connectivity index (χ1) is 13.0. The summed E-state index contributed by atoms with van der Waals surface area (Å²) in [5, 5.41) is 12.8. The number of aliphatic imine (C=N–C) groups is 1. The molecule has 0 amide bonds. The van der Waals surface area contributed by atoms with Crippen LogP contribution in [0.25, 0.3) is 0 Å². The lowest BCUT2D eigenvalue weighted by atomic mass is 10.0. The summed E-state index contributed by atoms with van der Waals surface area (Å²) < 4.78 is 5.39. The lowest BCUT2D eigenvalue weighted by Crippen LogP contribution is -2.25. The smallest absolute Gasteiger partial charge is 0.333 e. The highest BCUT2D eigenvalue weighted by molar-refractivity contribution is 6.16. The molecule has 3 rings (SSSR count). The molecule has 27 heavy (non-hydrogen) atoms. The number of anilines is 1. The zero-order valence-electron chi connectivity index (χ0n) is 15.1. The number of nitrogens with one attached hydrogen (secondary N) is 1. The van der Waals surface area contributed by atoms with Crippen LogP contribution in [0.2, 0.25) is 0 Å². The summed E-state index contributed by atoms with van der Waals surface area (Å²) in [6, 6.07) is 17.0. The van der Waals surface area contributed by atoms with E-state index >= 15 is 0 Å². The molecule has 1 unspecified atom stereocenters. The number of carbonyl (C=O) groups excluding carboxylic acids is 1. The number of ether oxygens (including phenoxy) is 1. The average molecular weight is 364 g/mol. The van der Waals surface area contributed by atoms with Crippen LogP contribution in [0.4, 0.5) is 5.69 Å². The Morgan fingerprint density at radius 1 is 1.11 bits per heavy atom. The molecule has 1 aliphatic heterocycles. The second-order valence-corrected chi connectivity index (χ2v) is 6.03. The van der Waals surface area contributed by atoms with Crippen molar-refractivity contribution in [3.8, 4) is 0 Å². The number of carbonyl (C=O) groups is 2. The molecule has 2 aromatic rings. The van der Waals surface area contributed by atoms with E-state index in [1.807, 2.05) is 54.6 Å². The Labute approximate surface area is 157 Å². The second-order valence-electron chi connectivity index (χ2n) is 6.03. The van der Waals surface area contributed by atoms with Crippen molar-refractivity contribution in [2.45, 2.75) is 26.5 Å². The number of benzene rings is 2. The Morgan fingerprint density at radius 3 is 2.41 bits per heavy atom. The number of aliphatic carboxylic acids is 1. The molecule has 0 saturated heterocycles. The number of esters is 1. The van der Waals surface area contributed by atoms with Gasteiger partial charge in [0.1, 0.15) is 0 Å². The van der Waals surface area contributed by atoms with Crippen molar-refractivity contribution in [1.82, 2.24) is 0 Å². The Balaban J connectivity index is 2.28. The van der Waals surface area contributed by atoms with Crippen molar-refractivity contribution >= 4 is 23.3 Å². The maximum atomic E-state index is 11.8. The molecule has 6 nitrogen and oxygen atoms in total. The number of para-hydroxylation sites is 1. The third kappa shape index (κ3) is 3.89. The van der Waals surface area contributed by atoms with Crippen molar-refractivity contribution in [3.05, 3.63) is 77.0 Å². The average Bonchev–Trinajstić information content (AvgIpc) is 2.80. The highest BCUT2D eigenvalue weighted by Gasteiger charge is 2.29. The van der Waals surface area contributed by atoms with Crippen LogP contribution >= 0.6 is 0 Å². The van der Waals surface area contributed by atoms with Crippen LogP contribution in [0.5, 0.6) is 0 Å². The van der Waals surface area contributed by atoms with Gasteiger partial charge in [-0.2, -0.15) is 0 Å². The standard InChI is InChI=1S/C21H20N2O4/c1-3-15(21(25)26)19-20(27-13(2)24)23-18(14-9-5-4-6-10-14)16-11-7-8-12-17(16)22-19/h4-12,20,22H,3H2,1-2H3,(H,25,26). The fourth-order valence-electron chi connectivity index (χ4n) is 3.01. The van der Waals surface area contributed by atoms with Gasteiger partial charge >= 0.3 is 11.9 Å².